The lowest BCUT2D eigenvalue weighted by Crippen LogP contribution is -2.19. The van der Waals surface area contributed by atoms with Crippen LogP contribution in [0.2, 0.25) is 0 Å². The van der Waals surface area contributed by atoms with Crippen LogP contribution in [0.4, 0.5) is 18.9 Å². The van der Waals surface area contributed by atoms with Crippen LogP contribution in [0.1, 0.15) is 11.3 Å². The number of pyridine rings is 1. The van der Waals surface area contributed by atoms with Gasteiger partial charge in [-0.2, -0.15) is 10.5 Å². The van der Waals surface area contributed by atoms with Crippen LogP contribution in [0.3, 0.4) is 0 Å². The van der Waals surface area contributed by atoms with Gasteiger partial charge in [0.15, 0.2) is 11.4 Å². The predicted octanol–water partition coefficient (Wildman–Crippen LogP) is 1.50. The number of nitrogens with zero attached hydrogens (tertiary/aromatic N) is 3. The molecule has 1 aromatic heterocycles. The average Bonchev–Trinajstić information content (AvgIpc) is 2.22. The lowest BCUT2D eigenvalue weighted by molar-refractivity contribution is -0.275. The third kappa shape index (κ3) is 2.98. The Morgan fingerprint density at radius 3 is 2.53 bits per heavy atom. The van der Waals surface area contributed by atoms with Gasteiger partial charge in [0.25, 0.3) is 0 Å². The number of aromatic nitrogens is 1. The highest BCUT2D eigenvalue weighted by molar-refractivity contribution is 5.61. The number of anilines is 1. The lowest BCUT2D eigenvalue weighted by atomic mass is 10.1. The fraction of sp³-hybridized carbons (Fsp3) is 0.222. The minimum absolute atomic E-state index is 0.198. The van der Waals surface area contributed by atoms with Crippen LogP contribution >= 0.6 is 0 Å². The quantitative estimate of drug-likeness (QED) is 0.847. The van der Waals surface area contributed by atoms with E-state index < -0.39 is 18.5 Å². The highest BCUT2D eigenvalue weighted by atomic mass is 19.4. The van der Waals surface area contributed by atoms with Gasteiger partial charge >= 0.3 is 6.36 Å². The third-order valence-electron chi connectivity index (χ3n) is 1.78. The number of nitriles is 2. The van der Waals surface area contributed by atoms with Gasteiger partial charge in [0.1, 0.15) is 6.07 Å². The van der Waals surface area contributed by atoms with Crippen molar-refractivity contribution in [2.45, 2.75) is 12.8 Å². The molecule has 0 aliphatic carbocycles. The standard InChI is InChI=1S/C9H5F3N4O/c10-9(11,12)17-7-4-16-6(3-14)8(15)5(7)1-2-13/h4H,1,15H2. The second kappa shape index (κ2) is 4.58. The summed E-state index contributed by atoms with van der Waals surface area (Å²) in [6.45, 7) is 0. The first-order valence-electron chi connectivity index (χ1n) is 4.19. The summed E-state index contributed by atoms with van der Waals surface area (Å²) in [7, 11) is 0. The van der Waals surface area contributed by atoms with Crippen molar-refractivity contribution < 1.29 is 17.9 Å². The molecule has 0 fully saturated rings. The van der Waals surface area contributed by atoms with Gasteiger partial charge < -0.3 is 10.5 Å². The van der Waals surface area contributed by atoms with Crippen molar-refractivity contribution in [3.05, 3.63) is 17.5 Å². The van der Waals surface area contributed by atoms with Crippen LogP contribution < -0.4 is 10.5 Å². The number of nitrogen functional groups attached to an aromatic ring is 1. The summed E-state index contributed by atoms with van der Waals surface area (Å²) in [6, 6.07) is 3.24. The Morgan fingerprint density at radius 1 is 1.41 bits per heavy atom. The van der Waals surface area contributed by atoms with Gasteiger partial charge in [-0.1, -0.05) is 0 Å². The maximum absolute atomic E-state index is 12.0. The van der Waals surface area contributed by atoms with Gasteiger partial charge in [0, 0.05) is 5.56 Å². The van der Waals surface area contributed by atoms with Crippen molar-refractivity contribution >= 4 is 5.69 Å². The van der Waals surface area contributed by atoms with E-state index in [9.17, 15) is 13.2 Å². The molecule has 1 heterocycles. The molecule has 0 saturated carbocycles. The van der Waals surface area contributed by atoms with Crippen LogP contribution in [0.15, 0.2) is 6.20 Å². The molecule has 5 nitrogen and oxygen atoms in total. The second-order valence-corrected chi connectivity index (χ2v) is 2.86. The smallest absolute Gasteiger partial charge is 0.404 e. The summed E-state index contributed by atoms with van der Waals surface area (Å²) in [5.41, 5.74) is 4.69. The van der Waals surface area contributed by atoms with Gasteiger partial charge in [-0.15, -0.1) is 13.2 Å². The summed E-state index contributed by atoms with van der Waals surface area (Å²) in [6.07, 6.45) is -4.60. The Kier molecular flexibility index (Phi) is 3.39. The van der Waals surface area contributed by atoms with Gasteiger partial charge in [0.05, 0.1) is 24.4 Å². The van der Waals surface area contributed by atoms with Crippen LogP contribution in [0.25, 0.3) is 0 Å². The molecule has 88 valence electrons. The van der Waals surface area contributed by atoms with Crippen molar-refractivity contribution in [1.29, 1.82) is 10.5 Å². The van der Waals surface area contributed by atoms with Crippen LogP contribution in [-0.4, -0.2) is 11.3 Å². The Labute approximate surface area is 93.8 Å². The Hall–Kier alpha value is -2.48. The zero-order valence-electron chi connectivity index (χ0n) is 8.25. The number of rotatable bonds is 2. The number of nitrogens with two attached hydrogens (primary N) is 1. The first-order chi connectivity index (χ1) is 7.89. The molecular formula is C9H5F3N4O. The van der Waals surface area contributed by atoms with E-state index in [1.807, 2.05) is 0 Å². The molecule has 0 aliphatic heterocycles. The van der Waals surface area contributed by atoms with Gasteiger partial charge in [-0.05, 0) is 0 Å². The number of hydrogen-bond acceptors (Lipinski definition) is 5. The second-order valence-electron chi connectivity index (χ2n) is 2.86. The van der Waals surface area contributed by atoms with E-state index in [2.05, 4.69) is 9.72 Å². The summed E-state index contributed by atoms with van der Waals surface area (Å²) in [4.78, 5) is 3.40. The minimum atomic E-state index is -4.91. The van der Waals surface area contributed by atoms with Crippen molar-refractivity contribution in [2.75, 3.05) is 5.73 Å². The van der Waals surface area contributed by atoms with E-state index in [1.54, 1.807) is 12.1 Å². The molecule has 0 saturated heterocycles. The largest absolute Gasteiger partial charge is 0.573 e. The van der Waals surface area contributed by atoms with E-state index in [4.69, 9.17) is 16.3 Å². The maximum Gasteiger partial charge on any atom is 0.573 e. The molecule has 8 heteroatoms. The zero-order chi connectivity index (χ0) is 13.1. The molecule has 0 radical (unpaired) electrons. The van der Waals surface area contributed by atoms with E-state index in [0.717, 1.165) is 6.20 Å². The van der Waals surface area contributed by atoms with Crippen molar-refractivity contribution in [3.8, 4) is 17.9 Å². The fourth-order valence-corrected chi connectivity index (χ4v) is 1.11. The molecule has 0 atom stereocenters. The van der Waals surface area contributed by atoms with E-state index in [-0.39, 0.29) is 16.9 Å². The molecule has 0 aliphatic rings. The topological polar surface area (TPSA) is 95.7 Å². The van der Waals surface area contributed by atoms with Crippen LogP contribution in [0, 0.1) is 22.7 Å². The highest BCUT2D eigenvalue weighted by Crippen LogP contribution is 2.30. The monoisotopic (exact) mass is 242 g/mol. The molecule has 17 heavy (non-hydrogen) atoms. The first-order valence-corrected chi connectivity index (χ1v) is 4.19. The normalized spacial score (nSPS) is 10.4. The molecule has 1 rings (SSSR count). The maximum atomic E-state index is 12.0. The highest BCUT2D eigenvalue weighted by Gasteiger charge is 2.33. The Bertz CT molecular complexity index is 513. The van der Waals surface area contributed by atoms with E-state index in [1.165, 1.54) is 0 Å². The van der Waals surface area contributed by atoms with Gasteiger partial charge in [0.2, 0.25) is 0 Å². The fourth-order valence-electron chi connectivity index (χ4n) is 1.11. The van der Waals surface area contributed by atoms with Crippen LogP contribution in [-0.2, 0) is 6.42 Å². The number of halogens is 3. The van der Waals surface area contributed by atoms with Gasteiger partial charge in [-0.3, -0.25) is 0 Å². The van der Waals surface area contributed by atoms with Crippen molar-refractivity contribution in [1.82, 2.24) is 4.98 Å². The number of ether oxygens (including phenoxy) is 1. The molecular weight excluding hydrogens is 237 g/mol. The minimum Gasteiger partial charge on any atom is -0.404 e. The van der Waals surface area contributed by atoms with Crippen molar-refractivity contribution in [2.24, 2.45) is 0 Å². The third-order valence-corrected chi connectivity index (χ3v) is 1.78. The average molecular weight is 242 g/mol. The number of alkyl halides is 3. The molecule has 0 bridgehead atoms. The van der Waals surface area contributed by atoms with Gasteiger partial charge in [-0.25, -0.2) is 4.98 Å². The molecule has 0 spiro atoms. The Morgan fingerprint density at radius 2 is 2.06 bits per heavy atom. The molecule has 2 N–H and O–H groups in total. The first kappa shape index (κ1) is 12.6. The summed E-state index contributed by atoms with van der Waals surface area (Å²) in [5, 5.41) is 17.1. The zero-order valence-corrected chi connectivity index (χ0v) is 8.25. The molecule has 0 aromatic carbocycles. The van der Waals surface area contributed by atoms with Crippen LogP contribution in [0.5, 0.6) is 5.75 Å². The summed E-state index contributed by atoms with van der Waals surface area (Å²) < 4.78 is 39.8. The summed E-state index contributed by atoms with van der Waals surface area (Å²) in [5.74, 6) is -0.671. The van der Waals surface area contributed by atoms with E-state index in [0.29, 0.717) is 0 Å². The molecule has 0 unspecified atom stereocenters. The van der Waals surface area contributed by atoms with Crippen molar-refractivity contribution in [3.63, 3.8) is 0 Å². The SMILES string of the molecule is N#CCc1c(OC(F)(F)F)cnc(C#N)c1N. The number of hydrogen-bond donors (Lipinski definition) is 1. The summed E-state index contributed by atoms with van der Waals surface area (Å²) >= 11 is 0. The molecule has 0 amide bonds. The van der Waals surface area contributed by atoms with E-state index >= 15 is 0 Å². The lowest BCUT2D eigenvalue weighted by Gasteiger charge is -2.13. The predicted molar refractivity (Wildman–Crippen MR) is 49.4 cm³/mol. The molecule has 1 aromatic rings. The Balaban J connectivity index is 3.28.